The van der Waals surface area contributed by atoms with Gasteiger partial charge in [0.2, 0.25) is 0 Å². The Morgan fingerprint density at radius 2 is 1.86 bits per heavy atom. The fraction of sp³-hybridized carbons (Fsp3) is 0.818. The van der Waals surface area contributed by atoms with Crippen LogP contribution in [0.25, 0.3) is 0 Å². The first kappa shape index (κ1) is 9.69. The molecule has 2 bridgehead atoms. The minimum Gasteiger partial charge on any atom is -0.459 e. The highest BCUT2D eigenvalue weighted by Crippen LogP contribution is 2.51. The first-order chi connectivity index (χ1) is 6.46. The SMILES string of the molecule is CC(=O)OC12CCC(C)(CC1)C(=O)C2. The Hall–Kier alpha value is -0.860. The van der Waals surface area contributed by atoms with Gasteiger partial charge in [0.05, 0.1) is 0 Å². The van der Waals surface area contributed by atoms with Crippen molar-refractivity contribution in [2.75, 3.05) is 0 Å². The Kier molecular flexibility index (Phi) is 1.95. The van der Waals surface area contributed by atoms with Gasteiger partial charge in [0, 0.05) is 18.8 Å². The summed E-state index contributed by atoms with van der Waals surface area (Å²) in [5, 5.41) is 0. The van der Waals surface area contributed by atoms with Crippen LogP contribution in [0.1, 0.15) is 46.0 Å². The maximum atomic E-state index is 11.8. The first-order valence-corrected chi connectivity index (χ1v) is 5.19. The van der Waals surface area contributed by atoms with Gasteiger partial charge in [-0.15, -0.1) is 0 Å². The van der Waals surface area contributed by atoms with Gasteiger partial charge < -0.3 is 4.74 Å². The van der Waals surface area contributed by atoms with Crippen molar-refractivity contribution in [3.8, 4) is 0 Å². The van der Waals surface area contributed by atoms with E-state index in [1.165, 1.54) is 6.92 Å². The molecule has 3 saturated carbocycles. The molecule has 0 aliphatic heterocycles. The fourth-order valence-electron chi connectivity index (χ4n) is 2.66. The van der Waals surface area contributed by atoms with Crippen LogP contribution in [0.15, 0.2) is 0 Å². The lowest BCUT2D eigenvalue weighted by molar-refractivity contribution is -0.177. The van der Waals surface area contributed by atoms with Crippen LogP contribution in [0.5, 0.6) is 0 Å². The molecule has 0 atom stereocenters. The molecule has 3 heteroatoms. The number of esters is 1. The number of fused-ring (bicyclic) bond motifs is 3. The molecule has 0 unspecified atom stereocenters. The fourth-order valence-corrected chi connectivity index (χ4v) is 2.66. The van der Waals surface area contributed by atoms with Crippen LogP contribution >= 0.6 is 0 Å². The van der Waals surface area contributed by atoms with Gasteiger partial charge in [-0.05, 0) is 25.7 Å². The number of Topliss-reactive ketones (excluding diaryl/α,β-unsaturated/α-hetero) is 1. The summed E-state index contributed by atoms with van der Waals surface area (Å²) in [6.45, 7) is 3.45. The van der Waals surface area contributed by atoms with Crippen LogP contribution in [0.3, 0.4) is 0 Å². The smallest absolute Gasteiger partial charge is 0.303 e. The Morgan fingerprint density at radius 3 is 2.29 bits per heavy atom. The van der Waals surface area contributed by atoms with Gasteiger partial charge in [-0.25, -0.2) is 0 Å². The molecule has 3 rings (SSSR count). The van der Waals surface area contributed by atoms with Crippen LogP contribution in [-0.4, -0.2) is 17.4 Å². The number of carbonyl (C=O) groups is 2. The number of ketones is 1. The summed E-state index contributed by atoms with van der Waals surface area (Å²) in [5.41, 5.74) is -0.567. The van der Waals surface area contributed by atoms with E-state index >= 15 is 0 Å². The number of hydrogen-bond acceptors (Lipinski definition) is 3. The number of carbonyl (C=O) groups excluding carboxylic acids is 2. The predicted octanol–water partition coefficient (Wildman–Crippen LogP) is 1.84. The second kappa shape index (κ2) is 2.81. The average molecular weight is 196 g/mol. The minimum absolute atomic E-state index is 0.123. The van der Waals surface area contributed by atoms with Gasteiger partial charge >= 0.3 is 5.97 Å². The van der Waals surface area contributed by atoms with Gasteiger partial charge in [-0.3, -0.25) is 9.59 Å². The van der Waals surface area contributed by atoms with E-state index in [1.807, 2.05) is 6.92 Å². The number of ether oxygens (including phenoxy) is 1. The lowest BCUT2D eigenvalue weighted by Gasteiger charge is -2.49. The molecule has 0 saturated heterocycles. The van der Waals surface area contributed by atoms with E-state index in [0.717, 1.165) is 25.7 Å². The van der Waals surface area contributed by atoms with E-state index in [4.69, 9.17) is 4.74 Å². The summed E-state index contributed by atoms with van der Waals surface area (Å²) in [7, 11) is 0. The molecule has 0 aromatic heterocycles. The molecule has 3 nitrogen and oxygen atoms in total. The second-order valence-electron chi connectivity index (χ2n) is 4.94. The highest BCUT2D eigenvalue weighted by Gasteiger charge is 2.53. The van der Waals surface area contributed by atoms with E-state index in [1.54, 1.807) is 0 Å². The lowest BCUT2D eigenvalue weighted by Crippen LogP contribution is -2.52. The molecular weight excluding hydrogens is 180 g/mol. The van der Waals surface area contributed by atoms with Crippen LogP contribution in [0.2, 0.25) is 0 Å². The minimum atomic E-state index is -0.444. The quantitative estimate of drug-likeness (QED) is 0.601. The topological polar surface area (TPSA) is 43.4 Å². The normalized spacial score (nSPS) is 41.1. The van der Waals surface area contributed by atoms with Crippen molar-refractivity contribution < 1.29 is 14.3 Å². The molecule has 3 fully saturated rings. The van der Waals surface area contributed by atoms with Gasteiger partial charge in [-0.1, -0.05) is 6.92 Å². The van der Waals surface area contributed by atoms with Crippen LogP contribution in [-0.2, 0) is 14.3 Å². The summed E-state index contributed by atoms with van der Waals surface area (Å²) < 4.78 is 5.32. The van der Waals surface area contributed by atoms with Crippen molar-refractivity contribution in [1.29, 1.82) is 0 Å². The van der Waals surface area contributed by atoms with Crippen LogP contribution < -0.4 is 0 Å². The van der Waals surface area contributed by atoms with E-state index in [0.29, 0.717) is 6.42 Å². The molecular formula is C11H16O3. The summed E-state index contributed by atoms with van der Waals surface area (Å²) in [6.07, 6.45) is 3.89. The highest BCUT2D eigenvalue weighted by atomic mass is 16.6. The van der Waals surface area contributed by atoms with Crippen LogP contribution in [0, 0.1) is 5.41 Å². The number of rotatable bonds is 1. The molecule has 0 amide bonds. The molecule has 0 N–H and O–H groups in total. The van der Waals surface area contributed by atoms with Crippen molar-refractivity contribution in [3.63, 3.8) is 0 Å². The molecule has 0 spiro atoms. The van der Waals surface area contributed by atoms with Gasteiger partial charge in [0.25, 0.3) is 0 Å². The zero-order chi connectivity index (χ0) is 10.4. The third kappa shape index (κ3) is 1.35. The summed E-state index contributed by atoms with van der Waals surface area (Å²) in [4.78, 5) is 22.7. The van der Waals surface area contributed by atoms with E-state index < -0.39 is 5.60 Å². The number of hydrogen-bond donors (Lipinski definition) is 0. The maximum Gasteiger partial charge on any atom is 0.303 e. The second-order valence-corrected chi connectivity index (χ2v) is 4.94. The monoisotopic (exact) mass is 196 g/mol. The molecule has 0 heterocycles. The van der Waals surface area contributed by atoms with Gasteiger partial charge in [-0.2, -0.15) is 0 Å². The average Bonchev–Trinajstić information content (AvgIpc) is 2.07. The lowest BCUT2D eigenvalue weighted by atomic mass is 9.59. The zero-order valence-electron chi connectivity index (χ0n) is 8.76. The summed E-state index contributed by atoms with van der Waals surface area (Å²) >= 11 is 0. The van der Waals surface area contributed by atoms with Gasteiger partial charge in [0.15, 0.2) is 0 Å². The predicted molar refractivity (Wildman–Crippen MR) is 50.7 cm³/mol. The highest BCUT2D eigenvalue weighted by molar-refractivity contribution is 5.87. The Labute approximate surface area is 83.8 Å². The largest absolute Gasteiger partial charge is 0.459 e. The van der Waals surface area contributed by atoms with Crippen molar-refractivity contribution >= 4 is 11.8 Å². The third-order valence-corrected chi connectivity index (χ3v) is 3.78. The Balaban J connectivity index is 2.18. The Morgan fingerprint density at radius 1 is 1.29 bits per heavy atom. The Bertz CT molecular complexity index is 285. The first-order valence-electron chi connectivity index (χ1n) is 5.19. The third-order valence-electron chi connectivity index (χ3n) is 3.78. The van der Waals surface area contributed by atoms with Crippen molar-refractivity contribution in [3.05, 3.63) is 0 Å². The molecule has 78 valence electrons. The van der Waals surface area contributed by atoms with E-state index in [2.05, 4.69) is 0 Å². The standard InChI is InChI=1S/C11H16O3/c1-8(12)14-11-5-3-10(2,4-6-11)9(13)7-11/h3-7H2,1-2H3. The zero-order valence-corrected chi connectivity index (χ0v) is 8.76. The molecule has 3 aliphatic rings. The van der Waals surface area contributed by atoms with Crippen molar-refractivity contribution in [1.82, 2.24) is 0 Å². The molecule has 0 aromatic rings. The maximum absolute atomic E-state index is 11.8. The van der Waals surface area contributed by atoms with Crippen LogP contribution in [0.4, 0.5) is 0 Å². The van der Waals surface area contributed by atoms with Crippen molar-refractivity contribution in [2.24, 2.45) is 5.41 Å². The summed E-state index contributed by atoms with van der Waals surface area (Å²) in [6, 6.07) is 0. The molecule has 3 aliphatic carbocycles. The van der Waals surface area contributed by atoms with Gasteiger partial charge in [0.1, 0.15) is 11.4 Å². The molecule has 14 heavy (non-hydrogen) atoms. The molecule has 0 radical (unpaired) electrons. The van der Waals surface area contributed by atoms with Crippen molar-refractivity contribution in [2.45, 2.75) is 51.6 Å². The van der Waals surface area contributed by atoms with E-state index in [-0.39, 0.29) is 17.2 Å². The van der Waals surface area contributed by atoms with E-state index in [9.17, 15) is 9.59 Å². The summed E-state index contributed by atoms with van der Waals surface area (Å²) in [5.74, 6) is 0.0135. The molecule has 0 aromatic carbocycles.